The number of carbonyl (C=O) groups is 4. The number of hydrogen-bond donors (Lipinski definition) is 2. The molecule has 0 aromatic rings. The maximum atomic E-state index is 14.6. The van der Waals surface area contributed by atoms with Crippen molar-refractivity contribution in [2.75, 3.05) is 0 Å². The molecule has 0 bridgehead atoms. The van der Waals surface area contributed by atoms with E-state index in [2.05, 4.69) is 48.1 Å². The van der Waals surface area contributed by atoms with Gasteiger partial charge in [0.2, 0.25) is 0 Å². The van der Waals surface area contributed by atoms with Crippen molar-refractivity contribution < 1.29 is 34.1 Å². The molecule has 6 fully saturated rings. The fourth-order valence-electron chi connectivity index (χ4n) is 15.0. The van der Waals surface area contributed by atoms with Crippen LogP contribution < -0.4 is 0 Å². The Hall–Kier alpha value is -2.18. The first-order valence-electron chi connectivity index (χ1n) is 20.8. The van der Waals surface area contributed by atoms with Crippen LogP contribution in [0.25, 0.3) is 0 Å². The van der Waals surface area contributed by atoms with Crippen LogP contribution in [0.5, 0.6) is 0 Å². The highest BCUT2D eigenvalue weighted by atomic mass is 16.5. The molecule has 13 atom stereocenters. The molecule has 6 aliphatic carbocycles. The highest BCUT2D eigenvalue weighted by molar-refractivity contribution is 5.89. The van der Waals surface area contributed by atoms with Crippen molar-refractivity contribution in [3.8, 4) is 0 Å². The van der Waals surface area contributed by atoms with Gasteiger partial charge in [0, 0.05) is 17.3 Å². The van der Waals surface area contributed by atoms with Crippen LogP contribution in [0.15, 0.2) is 12.2 Å². The minimum atomic E-state index is -0.839. The standard InChI is InChI=1S/C45H70O7/c1-25(2)22-27(37(47)48)23-34(46)45-19-14-28(26(3)4)36(45)29-12-13-33-42(9)17-16-35(52-39(51)31-24-30(38(49)50)40(31,5)6)41(7,8)32(42)15-18-44(33,11)43(29,10)20-21-45/h25,27-33,35-36H,3,12-24H2,1-2,4-11H3,(H,47,48)(H,49,50)/t27?,28-,29?,30-,31?,32-,33+,35-,36?,42-,43+,44+,45+/m0/s1. The predicted molar refractivity (Wildman–Crippen MR) is 202 cm³/mol. The number of hydrogen-bond acceptors (Lipinski definition) is 5. The van der Waals surface area contributed by atoms with Crippen molar-refractivity contribution in [3.63, 3.8) is 0 Å². The van der Waals surface area contributed by atoms with E-state index in [9.17, 15) is 29.4 Å². The number of aliphatic carboxylic acids is 2. The van der Waals surface area contributed by atoms with Gasteiger partial charge in [-0.25, -0.2) is 0 Å². The molecule has 6 saturated carbocycles. The minimum Gasteiger partial charge on any atom is -0.481 e. The third-order valence-corrected chi connectivity index (χ3v) is 18.2. The van der Waals surface area contributed by atoms with E-state index in [1.165, 1.54) is 5.57 Å². The first-order valence-corrected chi connectivity index (χ1v) is 20.8. The molecule has 0 radical (unpaired) electrons. The molecule has 0 aromatic heterocycles. The summed E-state index contributed by atoms with van der Waals surface area (Å²) in [5.41, 5.74) is 0.174. The number of esters is 1. The van der Waals surface area contributed by atoms with E-state index >= 15 is 0 Å². The normalized spacial score (nSPS) is 44.9. The quantitative estimate of drug-likeness (QED) is 0.170. The molecular formula is C45H70O7. The first kappa shape index (κ1) is 39.5. The smallest absolute Gasteiger partial charge is 0.309 e. The van der Waals surface area contributed by atoms with Gasteiger partial charge >= 0.3 is 17.9 Å². The van der Waals surface area contributed by atoms with Crippen LogP contribution in [0.4, 0.5) is 0 Å². The summed E-state index contributed by atoms with van der Waals surface area (Å²) in [6, 6.07) is 0. The van der Waals surface area contributed by atoms with Crippen LogP contribution in [-0.4, -0.2) is 40.0 Å². The lowest BCUT2D eigenvalue weighted by molar-refractivity contribution is -0.250. The summed E-state index contributed by atoms with van der Waals surface area (Å²) in [5.74, 6) is -1.13. The van der Waals surface area contributed by atoms with Gasteiger partial charge in [-0.3, -0.25) is 19.2 Å². The second-order valence-electron chi connectivity index (χ2n) is 21.4. The number of carbonyl (C=O) groups excluding carboxylic acids is 2. The summed E-state index contributed by atoms with van der Waals surface area (Å²) in [5, 5.41) is 19.8. The Morgan fingerprint density at radius 1 is 0.769 bits per heavy atom. The zero-order valence-corrected chi connectivity index (χ0v) is 34.1. The van der Waals surface area contributed by atoms with Crippen LogP contribution in [-0.2, 0) is 23.9 Å². The number of ether oxygens (including phenoxy) is 1. The molecule has 0 aromatic carbocycles. The SMILES string of the molecule is C=C(C)[C@@H]1CC[C@]2(C(=O)CC(CC(C)C)C(=O)O)CC[C@]3(C)C(CC[C@@H]4[C@@]5(C)CC[C@H](OC(=O)C6C[C@@H](C(=O)O)C6(C)C)C(C)(C)[C@@H]5CC[C@]43C)C12. The molecule has 52 heavy (non-hydrogen) atoms. The number of carboxylic acids is 2. The van der Waals surface area contributed by atoms with Gasteiger partial charge in [0.25, 0.3) is 0 Å². The van der Waals surface area contributed by atoms with Crippen molar-refractivity contribution in [2.45, 2.75) is 159 Å². The lowest BCUT2D eigenvalue weighted by Crippen LogP contribution is -2.67. The number of fused-ring (bicyclic) bond motifs is 7. The van der Waals surface area contributed by atoms with Gasteiger partial charge in [0.1, 0.15) is 11.9 Å². The highest BCUT2D eigenvalue weighted by Gasteiger charge is 2.72. The molecule has 6 rings (SSSR count). The van der Waals surface area contributed by atoms with Gasteiger partial charge < -0.3 is 14.9 Å². The predicted octanol–water partition coefficient (Wildman–Crippen LogP) is 10.0. The van der Waals surface area contributed by atoms with Gasteiger partial charge in [-0.2, -0.15) is 0 Å². The fraction of sp³-hybridized carbons (Fsp3) is 0.867. The monoisotopic (exact) mass is 723 g/mol. The van der Waals surface area contributed by atoms with E-state index in [-0.39, 0.29) is 63.7 Å². The summed E-state index contributed by atoms with van der Waals surface area (Å²) in [6.07, 6.45) is 10.8. The van der Waals surface area contributed by atoms with E-state index in [0.717, 1.165) is 64.2 Å². The summed E-state index contributed by atoms with van der Waals surface area (Å²) in [6.45, 7) is 26.8. The lowest BCUT2D eigenvalue weighted by atomic mass is 9.32. The number of carboxylic acid groups (broad SMARTS) is 2. The van der Waals surface area contributed by atoms with Crippen LogP contribution in [0.2, 0.25) is 0 Å². The molecule has 7 heteroatoms. The summed E-state index contributed by atoms with van der Waals surface area (Å²) < 4.78 is 6.40. The van der Waals surface area contributed by atoms with Gasteiger partial charge in [-0.05, 0) is 141 Å². The van der Waals surface area contributed by atoms with Crippen molar-refractivity contribution in [1.82, 2.24) is 0 Å². The van der Waals surface area contributed by atoms with Crippen LogP contribution in [0, 0.1) is 85.8 Å². The summed E-state index contributed by atoms with van der Waals surface area (Å²) in [4.78, 5) is 52.3. The zero-order chi connectivity index (χ0) is 38.6. The number of allylic oxidation sites excluding steroid dienone is 1. The Morgan fingerprint density at radius 3 is 2.02 bits per heavy atom. The summed E-state index contributed by atoms with van der Waals surface area (Å²) >= 11 is 0. The summed E-state index contributed by atoms with van der Waals surface area (Å²) in [7, 11) is 0. The Labute approximate surface area is 313 Å². The second-order valence-corrected chi connectivity index (χ2v) is 21.4. The molecular weight excluding hydrogens is 652 g/mol. The van der Waals surface area contributed by atoms with Gasteiger partial charge in [-0.1, -0.05) is 74.5 Å². The van der Waals surface area contributed by atoms with Crippen LogP contribution >= 0.6 is 0 Å². The third-order valence-electron chi connectivity index (χ3n) is 18.2. The molecule has 0 heterocycles. The largest absolute Gasteiger partial charge is 0.481 e. The zero-order valence-electron chi connectivity index (χ0n) is 34.1. The molecule has 6 aliphatic rings. The van der Waals surface area contributed by atoms with Crippen molar-refractivity contribution >= 4 is 23.7 Å². The molecule has 0 saturated heterocycles. The average molecular weight is 723 g/mol. The van der Waals surface area contributed by atoms with Gasteiger partial charge in [0.05, 0.1) is 17.8 Å². The van der Waals surface area contributed by atoms with Crippen molar-refractivity contribution in [1.29, 1.82) is 0 Å². The maximum Gasteiger partial charge on any atom is 0.309 e. The molecule has 0 spiro atoms. The molecule has 7 nitrogen and oxygen atoms in total. The maximum absolute atomic E-state index is 14.6. The van der Waals surface area contributed by atoms with Crippen LogP contribution in [0.3, 0.4) is 0 Å². The number of ketones is 1. The second kappa shape index (κ2) is 13.0. The van der Waals surface area contributed by atoms with E-state index < -0.39 is 34.6 Å². The highest BCUT2D eigenvalue weighted by Crippen LogP contribution is 2.78. The van der Waals surface area contributed by atoms with E-state index in [1.807, 2.05) is 27.7 Å². The number of rotatable bonds is 10. The van der Waals surface area contributed by atoms with Crippen molar-refractivity contribution in [3.05, 3.63) is 12.2 Å². The number of Topliss-reactive ketones (excluding diaryl/α,β-unsaturated/α-hetero) is 1. The third kappa shape index (κ3) is 5.60. The Bertz CT molecular complexity index is 1490. The van der Waals surface area contributed by atoms with E-state index in [1.54, 1.807) is 0 Å². The molecule has 2 N–H and O–H groups in total. The van der Waals surface area contributed by atoms with E-state index in [4.69, 9.17) is 4.74 Å². The molecule has 292 valence electrons. The fourth-order valence-corrected chi connectivity index (χ4v) is 15.0. The Kier molecular flexibility index (Phi) is 9.85. The van der Waals surface area contributed by atoms with Crippen LogP contribution in [0.1, 0.15) is 153 Å². The first-order chi connectivity index (χ1) is 24.0. The Morgan fingerprint density at radius 2 is 1.44 bits per heavy atom. The molecule has 0 aliphatic heterocycles. The van der Waals surface area contributed by atoms with Gasteiger partial charge in [0.15, 0.2) is 0 Å². The average Bonchev–Trinajstić information content (AvgIpc) is 3.43. The molecule has 4 unspecified atom stereocenters. The topological polar surface area (TPSA) is 118 Å². The van der Waals surface area contributed by atoms with Gasteiger partial charge in [-0.15, -0.1) is 0 Å². The molecule has 0 amide bonds. The van der Waals surface area contributed by atoms with E-state index in [0.29, 0.717) is 36.5 Å². The van der Waals surface area contributed by atoms with Crippen molar-refractivity contribution in [2.24, 2.45) is 85.8 Å². The lowest BCUT2D eigenvalue weighted by Gasteiger charge is -2.73. The minimum absolute atomic E-state index is 0.0600. The Balaban J connectivity index is 1.25.